The first-order valence-corrected chi connectivity index (χ1v) is 13.2. The fourth-order valence-corrected chi connectivity index (χ4v) is 4.72. The van der Waals surface area contributed by atoms with Gasteiger partial charge in [0, 0.05) is 6.54 Å². The molecule has 194 valence electrons. The van der Waals surface area contributed by atoms with Gasteiger partial charge in [-0.05, 0) is 94.0 Å². The van der Waals surface area contributed by atoms with Crippen LogP contribution >= 0.6 is 0 Å². The quantitative estimate of drug-likeness (QED) is 0.319. The van der Waals surface area contributed by atoms with Crippen LogP contribution in [-0.2, 0) is 13.0 Å². The summed E-state index contributed by atoms with van der Waals surface area (Å²) in [7, 11) is 4.97. The van der Waals surface area contributed by atoms with Crippen LogP contribution in [0.4, 0.5) is 0 Å². The Morgan fingerprint density at radius 1 is 0.800 bits per heavy atom. The van der Waals surface area contributed by atoms with Crippen molar-refractivity contribution >= 4 is 0 Å². The minimum absolute atomic E-state index is 0.671. The van der Waals surface area contributed by atoms with Gasteiger partial charge in [0.1, 0.15) is 5.75 Å². The van der Waals surface area contributed by atoms with Crippen LogP contribution in [-0.4, -0.2) is 59.0 Å². The summed E-state index contributed by atoms with van der Waals surface area (Å²) in [5.74, 6) is 3.14. The third-order valence-corrected chi connectivity index (χ3v) is 6.61. The van der Waals surface area contributed by atoms with Gasteiger partial charge in [0.15, 0.2) is 11.5 Å². The van der Waals surface area contributed by atoms with Crippen LogP contribution in [0.25, 0.3) is 0 Å². The van der Waals surface area contributed by atoms with E-state index in [0.717, 1.165) is 69.0 Å². The number of benzene rings is 2. The van der Waals surface area contributed by atoms with Crippen molar-refractivity contribution in [1.29, 1.82) is 0 Å². The molecule has 0 aromatic heterocycles. The number of piperidine rings is 1. The molecule has 1 aliphatic heterocycles. The van der Waals surface area contributed by atoms with Gasteiger partial charge >= 0.3 is 0 Å². The second-order valence-corrected chi connectivity index (χ2v) is 9.24. The van der Waals surface area contributed by atoms with E-state index >= 15 is 0 Å². The van der Waals surface area contributed by atoms with Crippen molar-refractivity contribution in [1.82, 2.24) is 10.2 Å². The zero-order chi connectivity index (χ0) is 24.7. The van der Waals surface area contributed by atoms with Crippen molar-refractivity contribution in [2.24, 2.45) is 0 Å². The Labute approximate surface area is 211 Å². The van der Waals surface area contributed by atoms with Gasteiger partial charge in [-0.2, -0.15) is 0 Å². The Bertz CT molecular complexity index is 868. The predicted octanol–water partition coefficient (Wildman–Crippen LogP) is 5.47. The van der Waals surface area contributed by atoms with E-state index in [-0.39, 0.29) is 0 Å². The highest BCUT2D eigenvalue weighted by molar-refractivity contribution is 5.55. The first-order chi connectivity index (χ1) is 17.2. The lowest BCUT2D eigenvalue weighted by Gasteiger charge is -2.26. The number of hydrogen-bond donors (Lipinski definition) is 1. The lowest BCUT2D eigenvalue weighted by molar-refractivity contribution is 0.220. The summed E-state index contributed by atoms with van der Waals surface area (Å²) in [6.07, 6.45) is 9.46. The molecule has 1 N–H and O–H groups in total. The number of nitrogens with one attached hydrogen (secondary N) is 1. The molecule has 3 rings (SSSR count). The monoisotopic (exact) mass is 484 g/mol. The van der Waals surface area contributed by atoms with E-state index < -0.39 is 0 Å². The van der Waals surface area contributed by atoms with Gasteiger partial charge < -0.3 is 24.3 Å². The summed E-state index contributed by atoms with van der Waals surface area (Å²) in [5.41, 5.74) is 2.52. The SMILES string of the molecule is COc1ccc(CCCCCNCCCOc2cccc(CN3CCCCC3)c2)c(OC)c1OC. The van der Waals surface area contributed by atoms with Gasteiger partial charge in [0.2, 0.25) is 5.75 Å². The molecule has 0 spiro atoms. The van der Waals surface area contributed by atoms with Gasteiger partial charge in [-0.15, -0.1) is 0 Å². The molecular weight excluding hydrogens is 440 g/mol. The summed E-state index contributed by atoms with van der Waals surface area (Å²) < 4.78 is 22.4. The lowest BCUT2D eigenvalue weighted by atomic mass is 10.0. The molecule has 1 saturated heterocycles. The minimum atomic E-state index is 0.671. The van der Waals surface area contributed by atoms with Crippen molar-refractivity contribution in [2.45, 2.75) is 57.9 Å². The zero-order valence-corrected chi connectivity index (χ0v) is 21.9. The number of rotatable bonds is 16. The number of methoxy groups -OCH3 is 3. The van der Waals surface area contributed by atoms with Crippen LogP contribution in [0.3, 0.4) is 0 Å². The van der Waals surface area contributed by atoms with E-state index in [9.17, 15) is 0 Å². The lowest BCUT2D eigenvalue weighted by Crippen LogP contribution is -2.29. The second-order valence-electron chi connectivity index (χ2n) is 9.24. The normalized spacial score (nSPS) is 14.0. The van der Waals surface area contributed by atoms with Gasteiger partial charge in [-0.1, -0.05) is 31.0 Å². The van der Waals surface area contributed by atoms with Crippen molar-refractivity contribution in [3.63, 3.8) is 0 Å². The van der Waals surface area contributed by atoms with E-state index in [2.05, 4.69) is 40.5 Å². The highest BCUT2D eigenvalue weighted by atomic mass is 16.5. The molecule has 0 atom stereocenters. The summed E-state index contributed by atoms with van der Waals surface area (Å²) >= 11 is 0. The molecule has 0 aliphatic carbocycles. The van der Waals surface area contributed by atoms with Crippen LogP contribution in [0.1, 0.15) is 56.1 Å². The summed E-state index contributed by atoms with van der Waals surface area (Å²) in [6, 6.07) is 12.6. The Morgan fingerprint density at radius 3 is 2.37 bits per heavy atom. The average molecular weight is 485 g/mol. The summed E-state index contributed by atoms with van der Waals surface area (Å²) in [4.78, 5) is 2.55. The van der Waals surface area contributed by atoms with E-state index in [4.69, 9.17) is 18.9 Å². The van der Waals surface area contributed by atoms with E-state index in [0.29, 0.717) is 11.5 Å². The average Bonchev–Trinajstić information content (AvgIpc) is 2.90. The Balaban J connectivity index is 1.24. The molecular formula is C29H44N2O4. The fraction of sp³-hybridized carbons (Fsp3) is 0.586. The van der Waals surface area contributed by atoms with Crippen LogP contribution in [0, 0.1) is 0 Å². The summed E-state index contributed by atoms with van der Waals surface area (Å²) in [6.45, 7) is 6.25. The minimum Gasteiger partial charge on any atom is -0.494 e. The van der Waals surface area contributed by atoms with Crippen molar-refractivity contribution in [3.8, 4) is 23.0 Å². The largest absolute Gasteiger partial charge is 0.494 e. The molecule has 2 aromatic carbocycles. The van der Waals surface area contributed by atoms with Crippen LogP contribution in [0.5, 0.6) is 23.0 Å². The van der Waals surface area contributed by atoms with E-state index in [1.165, 1.54) is 44.3 Å². The molecule has 1 aliphatic rings. The highest BCUT2D eigenvalue weighted by Gasteiger charge is 2.15. The van der Waals surface area contributed by atoms with Crippen molar-refractivity contribution in [2.75, 3.05) is 54.1 Å². The Hall–Kier alpha value is -2.44. The molecule has 35 heavy (non-hydrogen) atoms. The maximum absolute atomic E-state index is 6.00. The molecule has 0 unspecified atom stereocenters. The number of unbranched alkanes of at least 4 members (excludes halogenated alkanes) is 2. The number of aryl methyl sites for hydroxylation is 1. The smallest absolute Gasteiger partial charge is 0.203 e. The highest BCUT2D eigenvalue weighted by Crippen LogP contribution is 2.40. The fourth-order valence-electron chi connectivity index (χ4n) is 4.72. The number of hydrogen-bond acceptors (Lipinski definition) is 6. The van der Waals surface area contributed by atoms with Crippen molar-refractivity contribution < 1.29 is 18.9 Å². The second kappa shape index (κ2) is 15.5. The van der Waals surface area contributed by atoms with Gasteiger partial charge in [0.05, 0.1) is 27.9 Å². The van der Waals surface area contributed by atoms with E-state index in [1.807, 2.05) is 6.07 Å². The third-order valence-electron chi connectivity index (χ3n) is 6.61. The predicted molar refractivity (Wildman–Crippen MR) is 142 cm³/mol. The Morgan fingerprint density at radius 2 is 1.60 bits per heavy atom. The Kier molecular flexibility index (Phi) is 12.1. The van der Waals surface area contributed by atoms with Crippen LogP contribution in [0.15, 0.2) is 36.4 Å². The molecule has 1 heterocycles. The maximum Gasteiger partial charge on any atom is 0.203 e. The standard InChI is InChI=1S/C29H44N2O4/c1-32-27-16-15-25(28(33-2)29(27)34-3)13-6-4-7-17-30-18-11-21-35-26-14-10-12-24(22-26)23-31-19-8-5-9-20-31/h10,12,14-16,22,30H,4-9,11,13,17-21,23H2,1-3H3. The summed E-state index contributed by atoms with van der Waals surface area (Å²) in [5, 5.41) is 3.54. The third kappa shape index (κ3) is 8.93. The molecule has 1 fully saturated rings. The zero-order valence-electron chi connectivity index (χ0n) is 21.9. The van der Waals surface area contributed by atoms with Crippen LogP contribution in [0.2, 0.25) is 0 Å². The molecule has 6 nitrogen and oxygen atoms in total. The van der Waals surface area contributed by atoms with E-state index in [1.54, 1.807) is 21.3 Å². The number of likely N-dealkylation sites (tertiary alicyclic amines) is 1. The molecule has 0 bridgehead atoms. The van der Waals surface area contributed by atoms with Crippen LogP contribution < -0.4 is 24.3 Å². The molecule has 0 radical (unpaired) electrons. The van der Waals surface area contributed by atoms with Gasteiger partial charge in [0.25, 0.3) is 0 Å². The van der Waals surface area contributed by atoms with Gasteiger partial charge in [-0.25, -0.2) is 0 Å². The maximum atomic E-state index is 6.00. The molecule has 6 heteroatoms. The first kappa shape index (κ1) is 27.2. The first-order valence-electron chi connectivity index (χ1n) is 13.2. The van der Waals surface area contributed by atoms with Gasteiger partial charge in [-0.3, -0.25) is 4.90 Å². The number of nitrogens with zero attached hydrogens (tertiary/aromatic N) is 1. The molecule has 0 saturated carbocycles. The molecule has 2 aromatic rings. The number of ether oxygens (including phenoxy) is 4. The molecule has 0 amide bonds. The topological polar surface area (TPSA) is 52.2 Å². The van der Waals surface area contributed by atoms with Crippen molar-refractivity contribution in [3.05, 3.63) is 47.5 Å².